The van der Waals surface area contributed by atoms with Crippen molar-refractivity contribution in [2.75, 3.05) is 38.0 Å². The Kier molecular flexibility index (Phi) is 5.23. The summed E-state index contributed by atoms with van der Waals surface area (Å²) in [5.74, 6) is 2.35. The van der Waals surface area contributed by atoms with Crippen molar-refractivity contribution in [2.24, 2.45) is 5.92 Å². The number of benzene rings is 2. The molecule has 4 aliphatic rings. The summed E-state index contributed by atoms with van der Waals surface area (Å²) >= 11 is 0. The lowest BCUT2D eigenvalue weighted by molar-refractivity contribution is -0.126. The van der Waals surface area contributed by atoms with Crippen molar-refractivity contribution >= 4 is 17.5 Å². The molecule has 8 nitrogen and oxygen atoms in total. The Balaban J connectivity index is 1.14. The molecule has 3 heterocycles. The molecule has 34 heavy (non-hydrogen) atoms. The molecule has 6 rings (SSSR count). The van der Waals surface area contributed by atoms with Crippen molar-refractivity contribution < 1.29 is 28.5 Å². The summed E-state index contributed by atoms with van der Waals surface area (Å²) in [5, 5.41) is 3.19. The Bertz CT molecular complexity index is 1130. The fourth-order valence-corrected chi connectivity index (χ4v) is 5.58. The molecule has 2 amide bonds. The quantitative estimate of drug-likeness (QED) is 0.732. The van der Waals surface area contributed by atoms with E-state index >= 15 is 0 Å². The van der Waals surface area contributed by atoms with Crippen molar-refractivity contribution in [3.63, 3.8) is 0 Å². The van der Waals surface area contributed by atoms with E-state index in [1.807, 2.05) is 12.1 Å². The second-order valence-electron chi connectivity index (χ2n) is 9.51. The van der Waals surface area contributed by atoms with Gasteiger partial charge in [-0.1, -0.05) is 18.9 Å². The summed E-state index contributed by atoms with van der Waals surface area (Å²) in [5.41, 5.74) is 1.79. The van der Waals surface area contributed by atoms with Gasteiger partial charge in [0.15, 0.2) is 23.0 Å². The zero-order valence-electron chi connectivity index (χ0n) is 19.0. The molecule has 2 fully saturated rings. The highest BCUT2D eigenvalue weighted by Gasteiger charge is 2.40. The average Bonchev–Trinajstić information content (AvgIpc) is 3.62. The zero-order valence-corrected chi connectivity index (χ0v) is 19.0. The second-order valence-corrected chi connectivity index (χ2v) is 9.51. The minimum absolute atomic E-state index is 0.0542. The fourth-order valence-electron chi connectivity index (χ4n) is 5.58. The average molecular weight is 465 g/mol. The van der Waals surface area contributed by atoms with E-state index < -0.39 is 0 Å². The number of carbonyl (C=O) groups is 2. The maximum atomic E-state index is 13.1. The minimum Gasteiger partial charge on any atom is -0.486 e. The Morgan fingerprint density at radius 1 is 0.941 bits per heavy atom. The van der Waals surface area contributed by atoms with Crippen LogP contribution in [-0.2, 0) is 15.0 Å². The first-order chi connectivity index (χ1) is 16.6. The van der Waals surface area contributed by atoms with Gasteiger partial charge in [0.2, 0.25) is 18.6 Å². The molecule has 3 aliphatic heterocycles. The number of rotatable bonds is 5. The third-order valence-electron chi connectivity index (χ3n) is 7.48. The summed E-state index contributed by atoms with van der Waals surface area (Å²) in [7, 11) is 0. The summed E-state index contributed by atoms with van der Waals surface area (Å²) in [6.45, 7) is 2.22. The van der Waals surface area contributed by atoms with Gasteiger partial charge in [0.05, 0.1) is 5.92 Å². The van der Waals surface area contributed by atoms with Crippen LogP contribution in [0.4, 0.5) is 5.69 Å². The number of hydrogen-bond donors (Lipinski definition) is 1. The maximum absolute atomic E-state index is 13.1. The van der Waals surface area contributed by atoms with E-state index in [0.29, 0.717) is 37.8 Å². The van der Waals surface area contributed by atoms with Gasteiger partial charge < -0.3 is 29.2 Å². The van der Waals surface area contributed by atoms with Crippen LogP contribution in [0.2, 0.25) is 0 Å². The standard InChI is InChI=1S/C26H28N2O6/c29-24-11-17(14-28(24)19-4-6-21-23(13-19)34-16-33-21)25(30)27-15-26(7-1-2-8-26)18-3-5-20-22(12-18)32-10-9-31-20/h3-6,12-13,17H,1-2,7-11,14-16H2,(H,27,30). The van der Waals surface area contributed by atoms with Crippen molar-refractivity contribution in [3.8, 4) is 23.0 Å². The van der Waals surface area contributed by atoms with Crippen LogP contribution in [0.3, 0.4) is 0 Å². The number of amides is 2. The van der Waals surface area contributed by atoms with Gasteiger partial charge in [-0.25, -0.2) is 0 Å². The number of anilines is 1. The summed E-state index contributed by atoms with van der Waals surface area (Å²) in [6, 6.07) is 11.6. The van der Waals surface area contributed by atoms with Crippen LogP contribution in [0, 0.1) is 5.92 Å². The molecule has 1 unspecified atom stereocenters. The largest absolute Gasteiger partial charge is 0.486 e. The SMILES string of the molecule is O=C(NCC1(c2ccc3c(c2)OCCO3)CCCC1)C1CC(=O)N(c2ccc3c(c2)OCO3)C1. The molecule has 0 spiro atoms. The Hall–Kier alpha value is -3.42. The highest BCUT2D eigenvalue weighted by molar-refractivity contribution is 6.00. The van der Waals surface area contributed by atoms with Gasteiger partial charge in [-0.05, 0) is 42.7 Å². The van der Waals surface area contributed by atoms with Crippen LogP contribution in [0.15, 0.2) is 36.4 Å². The predicted molar refractivity (Wildman–Crippen MR) is 124 cm³/mol. The van der Waals surface area contributed by atoms with E-state index in [0.717, 1.165) is 42.9 Å². The summed E-state index contributed by atoms with van der Waals surface area (Å²) in [6.07, 6.45) is 4.49. The molecule has 0 bridgehead atoms. The van der Waals surface area contributed by atoms with Crippen molar-refractivity contribution in [1.82, 2.24) is 5.32 Å². The number of ether oxygens (including phenoxy) is 4. The highest BCUT2D eigenvalue weighted by atomic mass is 16.7. The van der Waals surface area contributed by atoms with Crippen LogP contribution < -0.4 is 29.2 Å². The van der Waals surface area contributed by atoms with E-state index in [-0.39, 0.29) is 36.4 Å². The van der Waals surface area contributed by atoms with Gasteiger partial charge in [-0.15, -0.1) is 0 Å². The predicted octanol–water partition coefficient (Wildman–Crippen LogP) is 3.17. The Morgan fingerprint density at radius 2 is 1.65 bits per heavy atom. The first-order valence-corrected chi connectivity index (χ1v) is 12.0. The zero-order chi connectivity index (χ0) is 23.1. The summed E-state index contributed by atoms with van der Waals surface area (Å²) < 4.78 is 22.3. The fraction of sp³-hybridized carbons (Fsp3) is 0.462. The third kappa shape index (κ3) is 3.71. The molecule has 1 saturated heterocycles. The number of fused-ring (bicyclic) bond motifs is 2. The lowest BCUT2D eigenvalue weighted by atomic mass is 9.78. The minimum atomic E-state index is -0.378. The molecule has 8 heteroatoms. The van der Waals surface area contributed by atoms with Gasteiger partial charge in [-0.3, -0.25) is 9.59 Å². The number of carbonyl (C=O) groups excluding carboxylic acids is 2. The summed E-state index contributed by atoms with van der Waals surface area (Å²) in [4.78, 5) is 27.5. The van der Waals surface area contributed by atoms with E-state index in [1.54, 1.807) is 17.0 Å². The van der Waals surface area contributed by atoms with E-state index in [2.05, 4.69) is 17.4 Å². The maximum Gasteiger partial charge on any atom is 0.231 e. The van der Waals surface area contributed by atoms with Gasteiger partial charge in [-0.2, -0.15) is 0 Å². The van der Waals surface area contributed by atoms with Gasteiger partial charge in [0.25, 0.3) is 0 Å². The molecule has 1 atom stereocenters. The molecule has 1 aliphatic carbocycles. The number of nitrogens with zero attached hydrogens (tertiary/aromatic N) is 1. The highest BCUT2D eigenvalue weighted by Crippen LogP contribution is 2.44. The van der Waals surface area contributed by atoms with Crippen LogP contribution in [0.5, 0.6) is 23.0 Å². The van der Waals surface area contributed by atoms with Crippen LogP contribution in [0.25, 0.3) is 0 Å². The van der Waals surface area contributed by atoms with E-state index in [1.165, 1.54) is 5.56 Å². The lowest BCUT2D eigenvalue weighted by Gasteiger charge is -2.31. The molecular formula is C26H28N2O6. The van der Waals surface area contributed by atoms with E-state index in [4.69, 9.17) is 18.9 Å². The number of nitrogens with one attached hydrogen (secondary N) is 1. The Labute approximate surface area is 198 Å². The molecule has 0 aromatic heterocycles. The molecule has 1 N–H and O–H groups in total. The van der Waals surface area contributed by atoms with Gasteiger partial charge in [0, 0.05) is 36.7 Å². The molecule has 178 valence electrons. The lowest BCUT2D eigenvalue weighted by Crippen LogP contribution is -2.42. The number of hydrogen-bond acceptors (Lipinski definition) is 6. The molecule has 1 saturated carbocycles. The first-order valence-electron chi connectivity index (χ1n) is 12.0. The topological polar surface area (TPSA) is 86.3 Å². The second kappa shape index (κ2) is 8.42. The molecule has 2 aromatic carbocycles. The molecule has 0 radical (unpaired) electrons. The van der Waals surface area contributed by atoms with Crippen molar-refractivity contribution in [2.45, 2.75) is 37.5 Å². The molecule has 2 aromatic rings. The van der Waals surface area contributed by atoms with Crippen LogP contribution in [0.1, 0.15) is 37.7 Å². The van der Waals surface area contributed by atoms with Crippen LogP contribution in [-0.4, -0.2) is 44.9 Å². The van der Waals surface area contributed by atoms with Crippen LogP contribution >= 0.6 is 0 Å². The first kappa shape index (κ1) is 21.1. The monoisotopic (exact) mass is 464 g/mol. The normalized spacial score (nSPS) is 22.2. The van der Waals surface area contributed by atoms with Gasteiger partial charge in [0.1, 0.15) is 13.2 Å². The van der Waals surface area contributed by atoms with Crippen molar-refractivity contribution in [3.05, 3.63) is 42.0 Å². The van der Waals surface area contributed by atoms with Gasteiger partial charge >= 0.3 is 0 Å². The van der Waals surface area contributed by atoms with Crippen molar-refractivity contribution in [1.29, 1.82) is 0 Å². The Morgan fingerprint density at radius 3 is 2.50 bits per heavy atom. The smallest absolute Gasteiger partial charge is 0.231 e. The third-order valence-corrected chi connectivity index (χ3v) is 7.48. The molecular weight excluding hydrogens is 436 g/mol. The van der Waals surface area contributed by atoms with E-state index in [9.17, 15) is 9.59 Å².